The van der Waals surface area contributed by atoms with E-state index in [1.807, 2.05) is 0 Å². The Labute approximate surface area is 115 Å². The molecule has 2 spiro atoms. The molecular formula is C15H26N2O2. The maximum absolute atomic E-state index is 11.0. The van der Waals surface area contributed by atoms with E-state index in [2.05, 4.69) is 23.9 Å². The summed E-state index contributed by atoms with van der Waals surface area (Å²) >= 11 is 0. The lowest BCUT2D eigenvalue weighted by Gasteiger charge is -2.67. The Hall–Kier alpha value is -0.160. The van der Waals surface area contributed by atoms with Gasteiger partial charge in [-0.3, -0.25) is 9.80 Å². The van der Waals surface area contributed by atoms with Crippen molar-refractivity contribution in [3.8, 4) is 0 Å². The maximum Gasteiger partial charge on any atom is 0.114 e. The lowest BCUT2D eigenvalue weighted by atomic mass is 9.56. The first-order valence-corrected chi connectivity index (χ1v) is 7.85. The molecule has 4 bridgehead atoms. The summed E-state index contributed by atoms with van der Waals surface area (Å²) in [5.41, 5.74) is 0.0152. The summed E-state index contributed by atoms with van der Waals surface area (Å²) in [4.78, 5) is 4.43. The lowest BCUT2D eigenvalue weighted by Crippen LogP contribution is -2.75. The second-order valence-electron chi connectivity index (χ2n) is 7.41. The monoisotopic (exact) mass is 266 g/mol. The topological polar surface area (TPSA) is 46.9 Å². The molecule has 2 N–H and O–H groups in total. The molecular weight excluding hydrogens is 240 g/mol. The van der Waals surface area contributed by atoms with Gasteiger partial charge < -0.3 is 10.2 Å². The van der Waals surface area contributed by atoms with Gasteiger partial charge in [0.15, 0.2) is 0 Å². The molecule has 2 unspecified atom stereocenters. The van der Waals surface area contributed by atoms with Crippen LogP contribution in [0.4, 0.5) is 0 Å². The predicted octanol–water partition coefficient (Wildman–Crippen LogP) is 0.982. The van der Waals surface area contributed by atoms with Gasteiger partial charge in [0, 0.05) is 22.9 Å². The van der Waals surface area contributed by atoms with Crippen molar-refractivity contribution in [3.63, 3.8) is 0 Å². The highest BCUT2D eigenvalue weighted by Crippen LogP contribution is 2.64. The van der Waals surface area contributed by atoms with Crippen LogP contribution in [0, 0.1) is 11.3 Å². The third-order valence-electron chi connectivity index (χ3n) is 7.27. The highest BCUT2D eigenvalue weighted by molar-refractivity contribution is 5.19. The number of rotatable bonds is 0. The van der Waals surface area contributed by atoms with Gasteiger partial charge in [-0.15, -0.1) is 0 Å². The zero-order valence-electron chi connectivity index (χ0n) is 12.0. The molecule has 0 radical (unpaired) electrons. The Morgan fingerprint density at radius 2 is 1.79 bits per heavy atom. The minimum absolute atomic E-state index is 0.0145. The fraction of sp³-hybridized carbons (Fsp3) is 1.00. The van der Waals surface area contributed by atoms with Crippen LogP contribution in [0.15, 0.2) is 0 Å². The van der Waals surface area contributed by atoms with Crippen molar-refractivity contribution in [3.05, 3.63) is 0 Å². The average molecular weight is 266 g/mol. The minimum Gasteiger partial charge on any atom is -0.378 e. The second kappa shape index (κ2) is 3.73. The molecule has 5 aliphatic heterocycles. The van der Waals surface area contributed by atoms with Crippen molar-refractivity contribution in [1.82, 2.24) is 9.80 Å². The quantitative estimate of drug-likeness (QED) is 0.686. The molecule has 2 saturated carbocycles. The molecule has 5 saturated heterocycles. The smallest absolute Gasteiger partial charge is 0.114 e. The first-order chi connectivity index (χ1) is 9.03. The van der Waals surface area contributed by atoms with Crippen LogP contribution in [0.1, 0.15) is 44.9 Å². The molecule has 0 aromatic carbocycles. The van der Waals surface area contributed by atoms with E-state index < -0.39 is 0 Å². The summed E-state index contributed by atoms with van der Waals surface area (Å²) in [7, 11) is 4.16. The van der Waals surface area contributed by atoms with Crippen molar-refractivity contribution in [2.45, 2.75) is 69.0 Å². The highest BCUT2D eigenvalue weighted by atomic mass is 16.3. The Balaban J connectivity index is 1.91. The van der Waals surface area contributed by atoms with Crippen LogP contribution in [0.25, 0.3) is 0 Å². The second-order valence-corrected chi connectivity index (χ2v) is 7.41. The highest BCUT2D eigenvalue weighted by Gasteiger charge is 2.68. The van der Waals surface area contributed by atoms with Gasteiger partial charge in [-0.2, -0.15) is 0 Å². The van der Waals surface area contributed by atoms with Crippen molar-refractivity contribution >= 4 is 0 Å². The number of hydrogen-bond acceptors (Lipinski definition) is 4. The van der Waals surface area contributed by atoms with Gasteiger partial charge in [0.2, 0.25) is 0 Å². The molecule has 0 aromatic heterocycles. The van der Waals surface area contributed by atoms with E-state index in [1.165, 1.54) is 6.42 Å². The van der Waals surface area contributed by atoms with Crippen LogP contribution in [-0.2, 0) is 0 Å². The first-order valence-electron chi connectivity index (χ1n) is 7.85. The Morgan fingerprint density at radius 3 is 2.58 bits per heavy atom. The third kappa shape index (κ3) is 1.21. The number of nitrogens with zero attached hydrogens (tertiary/aromatic N) is 2. The van der Waals surface area contributed by atoms with Crippen LogP contribution < -0.4 is 0 Å². The van der Waals surface area contributed by atoms with Crippen LogP contribution in [0.3, 0.4) is 0 Å². The van der Waals surface area contributed by atoms with E-state index >= 15 is 0 Å². The normalized spacial score (nSPS) is 58.1. The third-order valence-corrected chi connectivity index (χ3v) is 7.27. The average Bonchev–Trinajstić information content (AvgIpc) is 2.72. The lowest BCUT2D eigenvalue weighted by molar-refractivity contribution is -0.271. The van der Waals surface area contributed by atoms with Gasteiger partial charge in [-0.1, -0.05) is 6.42 Å². The fourth-order valence-corrected chi connectivity index (χ4v) is 6.29. The van der Waals surface area contributed by atoms with E-state index in [0.717, 1.165) is 38.5 Å². The molecule has 4 heteroatoms. The van der Waals surface area contributed by atoms with E-state index in [9.17, 15) is 10.2 Å². The number of aliphatic hydroxyl groups is 2. The van der Waals surface area contributed by atoms with Gasteiger partial charge in [-0.25, -0.2) is 0 Å². The van der Waals surface area contributed by atoms with E-state index in [4.69, 9.17) is 0 Å². The van der Waals surface area contributed by atoms with Crippen LogP contribution in [-0.4, -0.2) is 58.1 Å². The standard InChI is InChI=1S/C15H26N2O2/c1-16-11-5-8-14(13(16)19)6-3-7-15(14)9-4-10(11)12(18)17(15)2/h10-13,18-19H,3-9H2,1-2H3/t10-,11-,12?,13?,14-,15+/m0/s1. The molecule has 5 heterocycles. The molecule has 19 heavy (non-hydrogen) atoms. The Morgan fingerprint density at radius 1 is 1.00 bits per heavy atom. The predicted molar refractivity (Wildman–Crippen MR) is 72.3 cm³/mol. The largest absolute Gasteiger partial charge is 0.378 e. The fourth-order valence-electron chi connectivity index (χ4n) is 6.29. The summed E-state index contributed by atoms with van der Waals surface area (Å²) in [5, 5.41) is 21.7. The van der Waals surface area contributed by atoms with Crippen molar-refractivity contribution < 1.29 is 10.2 Å². The maximum atomic E-state index is 11.0. The van der Waals surface area contributed by atoms with Gasteiger partial charge in [0.1, 0.15) is 12.5 Å². The Bertz CT molecular complexity index is 368. The van der Waals surface area contributed by atoms with E-state index in [0.29, 0.717) is 12.0 Å². The van der Waals surface area contributed by atoms with Crippen LogP contribution in [0.5, 0.6) is 0 Å². The summed E-state index contributed by atoms with van der Waals surface area (Å²) in [6.07, 6.45) is 7.36. The van der Waals surface area contributed by atoms with Crippen molar-refractivity contribution in [2.75, 3.05) is 14.1 Å². The number of aliphatic hydroxyl groups excluding tert-OH is 2. The summed E-state index contributed by atoms with van der Waals surface area (Å²) in [5.74, 6) is 0.300. The van der Waals surface area contributed by atoms with Crippen molar-refractivity contribution in [2.24, 2.45) is 11.3 Å². The molecule has 7 rings (SSSR count). The molecule has 6 atom stereocenters. The molecule has 4 nitrogen and oxygen atoms in total. The molecule has 0 amide bonds. The zero-order chi connectivity index (χ0) is 13.4. The number of hydrogen-bond donors (Lipinski definition) is 2. The minimum atomic E-state index is -0.327. The van der Waals surface area contributed by atoms with Gasteiger partial charge >= 0.3 is 0 Å². The molecule has 108 valence electrons. The SMILES string of the molecule is CN1C(O)[C@@]23CCC[C@@]24CC[C@H](C(O)N4C)[C@@H]1CC3. The zero-order valence-corrected chi connectivity index (χ0v) is 12.0. The molecule has 7 aliphatic rings. The van der Waals surface area contributed by atoms with E-state index in [-0.39, 0.29) is 23.4 Å². The van der Waals surface area contributed by atoms with Gasteiger partial charge in [0.25, 0.3) is 0 Å². The number of piperidine rings is 2. The summed E-state index contributed by atoms with van der Waals surface area (Å²) < 4.78 is 0. The molecule has 0 aromatic rings. The molecule has 2 aliphatic carbocycles. The molecule has 7 fully saturated rings. The van der Waals surface area contributed by atoms with E-state index in [1.54, 1.807) is 0 Å². The van der Waals surface area contributed by atoms with Gasteiger partial charge in [0.05, 0.1) is 0 Å². The Kier molecular flexibility index (Phi) is 2.47. The first kappa shape index (κ1) is 12.6. The van der Waals surface area contributed by atoms with Crippen LogP contribution in [0.2, 0.25) is 0 Å². The van der Waals surface area contributed by atoms with Crippen LogP contribution >= 0.6 is 0 Å². The summed E-state index contributed by atoms with van der Waals surface area (Å²) in [6.45, 7) is 0. The summed E-state index contributed by atoms with van der Waals surface area (Å²) in [6, 6.07) is 0.344. The van der Waals surface area contributed by atoms with Gasteiger partial charge in [-0.05, 0) is 52.6 Å². The van der Waals surface area contributed by atoms with Crippen molar-refractivity contribution in [1.29, 1.82) is 0 Å².